The molecule has 0 saturated heterocycles. The molecule has 0 aromatic heterocycles. The Morgan fingerprint density at radius 3 is 2.71 bits per heavy atom. The number of benzene rings is 1. The lowest BCUT2D eigenvalue weighted by atomic mass is 10.0. The van der Waals surface area contributed by atoms with Crippen LogP contribution in [0.2, 0.25) is 5.02 Å². The topological polar surface area (TPSA) is 30.5 Å². The van der Waals surface area contributed by atoms with Gasteiger partial charge in [0, 0.05) is 12.6 Å². The van der Waals surface area contributed by atoms with Crippen molar-refractivity contribution in [1.82, 2.24) is 5.32 Å². The van der Waals surface area contributed by atoms with Crippen LogP contribution in [0.3, 0.4) is 0 Å². The van der Waals surface area contributed by atoms with E-state index in [1.165, 1.54) is 0 Å². The van der Waals surface area contributed by atoms with Crippen molar-refractivity contribution in [2.75, 3.05) is 26.9 Å². The molecular formula is C15H22ClF2NO2. The number of hydrogen-bond acceptors (Lipinski definition) is 3. The SMILES string of the molecule is CCCNC(CCOCC(F)F)c1ccc(Cl)c(OC)c1. The number of nitrogens with one attached hydrogen (secondary N) is 1. The van der Waals surface area contributed by atoms with Crippen molar-refractivity contribution < 1.29 is 18.3 Å². The maximum Gasteiger partial charge on any atom is 0.261 e. The van der Waals surface area contributed by atoms with Crippen LogP contribution >= 0.6 is 11.6 Å². The second-order valence-electron chi connectivity index (χ2n) is 4.66. The summed E-state index contributed by atoms with van der Waals surface area (Å²) in [5, 5.41) is 3.92. The second kappa shape index (κ2) is 9.92. The summed E-state index contributed by atoms with van der Waals surface area (Å²) in [6.45, 7) is 2.66. The molecule has 1 unspecified atom stereocenters. The summed E-state index contributed by atoms with van der Waals surface area (Å²) in [4.78, 5) is 0. The lowest BCUT2D eigenvalue weighted by Crippen LogP contribution is -2.24. The van der Waals surface area contributed by atoms with E-state index in [1.54, 1.807) is 13.2 Å². The van der Waals surface area contributed by atoms with Gasteiger partial charge < -0.3 is 14.8 Å². The van der Waals surface area contributed by atoms with Gasteiger partial charge in [-0.1, -0.05) is 24.6 Å². The Morgan fingerprint density at radius 1 is 1.33 bits per heavy atom. The van der Waals surface area contributed by atoms with E-state index in [0.29, 0.717) is 17.2 Å². The van der Waals surface area contributed by atoms with Crippen LogP contribution in [0.25, 0.3) is 0 Å². The fourth-order valence-corrected chi connectivity index (χ4v) is 2.17. The first-order valence-corrected chi connectivity index (χ1v) is 7.39. The summed E-state index contributed by atoms with van der Waals surface area (Å²) in [5.74, 6) is 0.603. The van der Waals surface area contributed by atoms with Crippen LogP contribution in [0.1, 0.15) is 31.4 Å². The van der Waals surface area contributed by atoms with Gasteiger partial charge in [-0.3, -0.25) is 0 Å². The van der Waals surface area contributed by atoms with Gasteiger partial charge >= 0.3 is 0 Å². The van der Waals surface area contributed by atoms with Crippen LogP contribution in [-0.2, 0) is 4.74 Å². The van der Waals surface area contributed by atoms with Crippen LogP contribution in [0, 0.1) is 0 Å². The van der Waals surface area contributed by atoms with E-state index in [0.717, 1.165) is 18.5 Å². The molecule has 0 bridgehead atoms. The zero-order valence-electron chi connectivity index (χ0n) is 12.4. The first-order chi connectivity index (χ1) is 10.1. The second-order valence-corrected chi connectivity index (χ2v) is 5.06. The lowest BCUT2D eigenvalue weighted by molar-refractivity contribution is 0.0143. The summed E-state index contributed by atoms with van der Waals surface area (Å²) in [6, 6.07) is 5.57. The van der Waals surface area contributed by atoms with Crippen LogP contribution in [0.5, 0.6) is 5.75 Å². The number of hydrogen-bond donors (Lipinski definition) is 1. The van der Waals surface area contributed by atoms with E-state index in [-0.39, 0.29) is 12.6 Å². The molecule has 1 aromatic rings. The molecule has 1 N–H and O–H groups in total. The van der Waals surface area contributed by atoms with E-state index in [1.807, 2.05) is 12.1 Å². The van der Waals surface area contributed by atoms with E-state index < -0.39 is 13.0 Å². The fourth-order valence-electron chi connectivity index (χ4n) is 1.97. The molecule has 21 heavy (non-hydrogen) atoms. The van der Waals surface area contributed by atoms with E-state index in [2.05, 4.69) is 12.2 Å². The third-order valence-electron chi connectivity index (χ3n) is 3.01. The normalized spacial score (nSPS) is 12.7. The third-order valence-corrected chi connectivity index (χ3v) is 3.33. The summed E-state index contributed by atoms with van der Waals surface area (Å²) >= 11 is 6.01. The largest absolute Gasteiger partial charge is 0.495 e. The molecule has 120 valence electrons. The van der Waals surface area contributed by atoms with E-state index >= 15 is 0 Å². The summed E-state index contributed by atoms with van der Waals surface area (Å²) in [7, 11) is 1.56. The Hall–Kier alpha value is -0.910. The molecular weight excluding hydrogens is 300 g/mol. The third kappa shape index (κ3) is 6.59. The highest BCUT2D eigenvalue weighted by atomic mass is 35.5. The maximum absolute atomic E-state index is 12.1. The molecule has 1 aromatic carbocycles. The molecule has 0 radical (unpaired) electrons. The number of methoxy groups -OCH3 is 1. The van der Waals surface area contributed by atoms with Crippen LogP contribution in [0.15, 0.2) is 18.2 Å². The standard InChI is InChI=1S/C15H22ClF2NO2/c1-3-7-19-13(6-8-21-10-15(17)18)11-4-5-12(16)14(9-11)20-2/h4-5,9,13,15,19H,3,6-8,10H2,1-2H3. The minimum Gasteiger partial charge on any atom is -0.495 e. The van der Waals surface area contributed by atoms with Crippen LogP contribution < -0.4 is 10.1 Å². The molecule has 0 fully saturated rings. The summed E-state index contributed by atoms with van der Waals surface area (Å²) < 4.78 is 34.3. The van der Waals surface area contributed by atoms with Crippen molar-refractivity contribution in [3.05, 3.63) is 28.8 Å². The first-order valence-electron chi connectivity index (χ1n) is 7.01. The van der Waals surface area contributed by atoms with Gasteiger partial charge in [0.05, 0.1) is 12.1 Å². The Balaban J connectivity index is 2.67. The van der Waals surface area contributed by atoms with Gasteiger partial charge in [-0.15, -0.1) is 0 Å². The fraction of sp³-hybridized carbons (Fsp3) is 0.600. The van der Waals surface area contributed by atoms with E-state index in [4.69, 9.17) is 21.1 Å². The molecule has 0 spiro atoms. The smallest absolute Gasteiger partial charge is 0.261 e. The number of ether oxygens (including phenoxy) is 2. The van der Waals surface area contributed by atoms with Crippen LogP contribution in [0.4, 0.5) is 8.78 Å². The van der Waals surface area contributed by atoms with Crippen molar-refractivity contribution in [3.63, 3.8) is 0 Å². The van der Waals surface area contributed by atoms with Gasteiger partial charge in [0.2, 0.25) is 0 Å². The Bertz CT molecular complexity index is 419. The summed E-state index contributed by atoms with van der Waals surface area (Å²) in [6.07, 6.45) is -0.834. The monoisotopic (exact) mass is 321 g/mol. The highest BCUT2D eigenvalue weighted by molar-refractivity contribution is 6.32. The number of rotatable bonds is 10. The van der Waals surface area contributed by atoms with Crippen molar-refractivity contribution in [2.24, 2.45) is 0 Å². The summed E-state index contributed by atoms with van der Waals surface area (Å²) in [5.41, 5.74) is 1.00. The molecule has 6 heteroatoms. The molecule has 3 nitrogen and oxygen atoms in total. The van der Waals surface area contributed by atoms with Gasteiger partial charge in [-0.2, -0.15) is 0 Å². The van der Waals surface area contributed by atoms with Crippen molar-refractivity contribution in [2.45, 2.75) is 32.2 Å². The molecule has 0 aliphatic carbocycles. The highest BCUT2D eigenvalue weighted by Gasteiger charge is 2.13. The highest BCUT2D eigenvalue weighted by Crippen LogP contribution is 2.29. The zero-order chi connectivity index (χ0) is 15.7. The molecule has 0 aliphatic heterocycles. The Morgan fingerprint density at radius 2 is 2.10 bits per heavy atom. The quantitative estimate of drug-likeness (QED) is 0.659. The van der Waals surface area contributed by atoms with E-state index in [9.17, 15) is 8.78 Å². The molecule has 0 saturated carbocycles. The molecule has 1 rings (SSSR count). The minimum absolute atomic E-state index is 0.0220. The predicted molar refractivity (Wildman–Crippen MR) is 80.5 cm³/mol. The predicted octanol–water partition coefficient (Wildman–Crippen LogP) is 4.06. The lowest BCUT2D eigenvalue weighted by Gasteiger charge is -2.20. The van der Waals surface area contributed by atoms with Gasteiger partial charge in [-0.25, -0.2) is 8.78 Å². The number of alkyl halides is 2. The molecule has 0 aliphatic rings. The van der Waals surface area contributed by atoms with Gasteiger partial charge in [-0.05, 0) is 37.1 Å². The number of halogens is 3. The van der Waals surface area contributed by atoms with Crippen LogP contribution in [-0.4, -0.2) is 33.3 Å². The van der Waals surface area contributed by atoms with Crippen molar-refractivity contribution in [3.8, 4) is 5.75 Å². The molecule has 1 atom stereocenters. The van der Waals surface area contributed by atoms with Gasteiger partial charge in [0.25, 0.3) is 6.43 Å². The maximum atomic E-state index is 12.1. The van der Waals surface area contributed by atoms with Crippen molar-refractivity contribution in [1.29, 1.82) is 0 Å². The first kappa shape index (κ1) is 18.1. The van der Waals surface area contributed by atoms with Crippen molar-refractivity contribution >= 4 is 11.6 Å². The molecule has 0 heterocycles. The average Bonchev–Trinajstić information content (AvgIpc) is 2.47. The Kier molecular flexibility index (Phi) is 8.57. The van der Waals surface area contributed by atoms with Gasteiger partial charge in [0.15, 0.2) is 0 Å². The molecule has 0 amide bonds. The Labute approximate surface area is 129 Å². The van der Waals surface area contributed by atoms with Gasteiger partial charge in [0.1, 0.15) is 12.4 Å². The zero-order valence-corrected chi connectivity index (χ0v) is 13.1. The minimum atomic E-state index is -2.43. The average molecular weight is 322 g/mol.